The molecule has 1 heterocycles. The van der Waals surface area contributed by atoms with Gasteiger partial charge in [0, 0.05) is 28.6 Å². The number of hydrogen-bond donors (Lipinski definition) is 0. The molecule has 1 aliphatic heterocycles. The minimum Gasteiger partial charge on any atom is -0.337 e. The number of allylic oxidation sites excluding steroid dienone is 10. The number of fused-ring (bicyclic) bond motifs is 2. The van der Waals surface area contributed by atoms with E-state index in [-0.39, 0.29) is 22.4 Å². The number of hydrogen-bond acceptors (Lipinski definition) is 3. The summed E-state index contributed by atoms with van der Waals surface area (Å²) >= 11 is 0. The minimum atomic E-state index is -0.189. The Balaban J connectivity index is 1.56. The number of Topliss-reactive ketones (excluding diaryl/α,β-unsaturated/α-hetero) is 2. The van der Waals surface area contributed by atoms with Gasteiger partial charge in [0.1, 0.15) is 11.6 Å². The molecule has 39 heavy (non-hydrogen) atoms. The van der Waals surface area contributed by atoms with Crippen LogP contribution in [-0.2, 0) is 20.4 Å². The summed E-state index contributed by atoms with van der Waals surface area (Å²) in [5.41, 5.74) is 10.4. The fourth-order valence-electron chi connectivity index (χ4n) is 6.03. The van der Waals surface area contributed by atoms with E-state index in [0.717, 1.165) is 17.0 Å². The molecule has 0 amide bonds. The molecule has 0 bridgehead atoms. The van der Waals surface area contributed by atoms with Crippen molar-refractivity contribution in [3.63, 3.8) is 0 Å². The van der Waals surface area contributed by atoms with Crippen molar-refractivity contribution in [3.8, 4) is 0 Å². The van der Waals surface area contributed by atoms with E-state index in [4.69, 9.17) is 0 Å². The zero-order chi connectivity index (χ0) is 28.5. The smallest absolute Gasteiger partial charge is 0.149 e. The maximum Gasteiger partial charge on any atom is 0.149 e. The Bertz CT molecular complexity index is 1470. The van der Waals surface area contributed by atoms with Gasteiger partial charge in [-0.05, 0) is 67.7 Å². The van der Waals surface area contributed by atoms with E-state index >= 15 is 0 Å². The van der Waals surface area contributed by atoms with Crippen LogP contribution in [0.5, 0.6) is 0 Å². The van der Waals surface area contributed by atoms with Crippen molar-refractivity contribution in [1.82, 2.24) is 0 Å². The summed E-state index contributed by atoms with van der Waals surface area (Å²) < 4.78 is 0. The summed E-state index contributed by atoms with van der Waals surface area (Å²) in [5.74, 6) is 0.322. The molecule has 0 spiro atoms. The molecule has 0 radical (unpaired) electrons. The first-order valence-corrected chi connectivity index (χ1v) is 13.8. The standard InChI is InChI=1S/C36H41NO2/c1-24-16-18-28-29(22-26(3)38)30(35(5,6)31(28)20-24)14-12-10-9-11-13-15-34-36(7,8)32-21-25(2)17-19-33(32)37(34)23-27(4)39/h9-21H,22-23H2,1-8H3. The Morgan fingerprint density at radius 2 is 1.38 bits per heavy atom. The number of carbonyl (C=O) groups is 2. The molecule has 3 heteroatoms. The largest absolute Gasteiger partial charge is 0.337 e. The molecule has 2 aliphatic rings. The molecule has 0 unspecified atom stereocenters. The topological polar surface area (TPSA) is 37.4 Å². The predicted molar refractivity (Wildman–Crippen MR) is 164 cm³/mol. The monoisotopic (exact) mass is 519 g/mol. The van der Waals surface area contributed by atoms with Crippen LogP contribution in [0.25, 0.3) is 5.57 Å². The van der Waals surface area contributed by atoms with Crippen molar-refractivity contribution in [2.24, 2.45) is 0 Å². The first kappa shape index (κ1) is 28.3. The third-order valence-electron chi connectivity index (χ3n) is 7.99. The first-order chi connectivity index (χ1) is 18.3. The lowest BCUT2D eigenvalue weighted by atomic mass is 9.80. The third kappa shape index (κ3) is 5.54. The zero-order valence-electron chi connectivity index (χ0n) is 24.7. The van der Waals surface area contributed by atoms with Gasteiger partial charge in [0.25, 0.3) is 0 Å². The Morgan fingerprint density at radius 1 is 0.769 bits per heavy atom. The molecular formula is C36H41NO2. The van der Waals surface area contributed by atoms with E-state index in [9.17, 15) is 9.59 Å². The predicted octanol–water partition coefficient (Wildman–Crippen LogP) is 8.27. The maximum atomic E-state index is 12.1. The van der Waals surface area contributed by atoms with Gasteiger partial charge < -0.3 is 4.90 Å². The van der Waals surface area contributed by atoms with E-state index in [1.807, 2.05) is 24.3 Å². The van der Waals surface area contributed by atoms with E-state index in [1.54, 1.807) is 13.8 Å². The lowest BCUT2D eigenvalue weighted by Gasteiger charge is -2.26. The molecule has 0 saturated heterocycles. The van der Waals surface area contributed by atoms with Gasteiger partial charge in [-0.2, -0.15) is 0 Å². The SMILES string of the molecule is CC(=O)CC1=C(C=CC=CC=CC=C2N(CC(C)=O)c3ccc(C)cc3C2(C)C)C(C)(C)c2cc(C)ccc21. The summed E-state index contributed by atoms with van der Waals surface area (Å²) in [6, 6.07) is 13.0. The van der Waals surface area contributed by atoms with Crippen LogP contribution in [0.2, 0.25) is 0 Å². The summed E-state index contributed by atoms with van der Waals surface area (Å²) in [6.45, 7) is 16.8. The molecule has 0 saturated carbocycles. The van der Waals surface area contributed by atoms with Crippen LogP contribution in [0.4, 0.5) is 5.69 Å². The zero-order valence-corrected chi connectivity index (χ0v) is 24.7. The van der Waals surface area contributed by atoms with Gasteiger partial charge in [-0.1, -0.05) is 106 Å². The Hall–Kier alpha value is -3.72. The molecule has 0 atom stereocenters. The molecule has 2 aromatic carbocycles. The normalized spacial score (nSPS) is 18.7. The average Bonchev–Trinajstić information content (AvgIpc) is 3.16. The molecule has 0 aromatic heterocycles. The second kappa shape index (κ2) is 10.8. The molecule has 202 valence electrons. The van der Waals surface area contributed by atoms with Crippen molar-refractivity contribution in [1.29, 1.82) is 0 Å². The van der Waals surface area contributed by atoms with Gasteiger partial charge >= 0.3 is 0 Å². The highest BCUT2D eigenvalue weighted by Crippen LogP contribution is 2.49. The average molecular weight is 520 g/mol. The highest BCUT2D eigenvalue weighted by Gasteiger charge is 2.40. The van der Waals surface area contributed by atoms with Crippen LogP contribution >= 0.6 is 0 Å². The highest BCUT2D eigenvalue weighted by atomic mass is 16.1. The number of aryl methyl sites for hydroxylation is 2. The van der Waals surface area contributed by atoms with Gasteiger partial charge in [0.05, 0.1) is 6.54 Å². The van der Waals surface area contributed by atoms with Crippen LogP contribution in [0.3, 0.4) is 0 Å². The number of ketones is 2. The summed E-state index contributed by atoms with van der Waals surface area (Å²) in [4.78, 5) is 26.3. The van der Waals surface area contributed by atoms with E-state index in [2.05, 4.69) is 101 Å². The molecule has 4 rings (SSSR count). The number of nitrogens with zero attached hydrogens (tertiary/aromatic N) is 1. The van der Waals surface area contributed by atoms with Gasteiger partial charge in [-0.25, -0.2) is 0 Å². The molecule has 1 aliphatic carbocycles. The van der Waals surface area contributed by atoms with E-state index in [0.29, 0.717) is 13.0 Å². The molecule has 2 aromatic rings. The molecule has 0 fully saturated rings. The van der Waals surface area contributed by atoms with Crippen molar-refractivity contribution >= 4 is 22.8 Å². The van der Waals surface area contributed by atoms with Crippen LogP contribution < -0.4 is 4.90 Å². The van der Waals surface area contributed by atoms with E-state index < -0.39 is 0 Å². The van der Waals surface area contributed by atoms with Gasteiger partial charge in [-0.15, -0.1) is 0 Å². The Labute approximate surface area is 234 Å². The quantitative estimate of drug-likeness (QED) is 0.329. The highest BCUT2D eigenvalue weighted by molar-refractivity contribution is 5.94. The number of anilines is 1. The fraction of sp³-hybridized carbons (Fsp3) is 0.333. The van der Waals surface area contributed by atoms with E-state index in [1.165, 1.54) is 33.4 Å². The summed E-state index contributed by atoms with van der Waals surface area (Å²) in [5, 5.41) is 0. The molecule has 3 nitrogen and oxygen atoms in total. The van der Waals surface area contributed by atoms with Crippen LogP contribution in [0, 0.1) is 13.8 Å². The van der Waals surface area contributed by atoms with Crippen LogP contribution in [0.1, 0.15) is 75.8 Å². The number of carbonyl (C=O) groups excluding carboxylic acids is 2. The van der Waals surface area contributed by atoms with Crippen LogP contribution in [-0.4, -0.2) is 18.1 Å². The lowest BCUT2D eigenvalue weighted by Crippen LogP contribution is -2.29. The fourth-order valence-corrected chi connectivity index (χ4v) is 6.03. The minimum absolute atomic E-state index is 0.143. The summed E-state index contributed by atoms with van der Waals surface area (Å²) in [7, 11) is 0. The number of rotatable bonds is 8. The molecule has 0 N–H and O–H groups in total. The second-order valence-corrected chi connectivity index (χ2v) is 12.1. The van der Waals surface area contributed by atoms with Crippen LogP contribution in [0.15, 0.2) is 90.2 Å². The second-order valence-electron chi connectivity index (χ2n) is 12.1. The first-order valence-electron chi connectivity index (χ1n) is 13.8. The number of benzene rings is 2. The lowest BCUT2D eigenvalue weighted by molar-refractivity contribution is -0.116. The van der Waals surface area contributed by atoms with Gasteiger partial charge in [0.15, 0.2) is 0 Å². The van der Waals surface area contributed by atoms with Gasteiger partial charge in [-0.3, -0.25) is 9.59 Å². The van der Waals surface area contributed by atoms with Crippen molar-refractivity contribution in [2.75, 3.05) is 11.4 Å². The Morgan fingerprint density at radius 3 is 2.05 bits per heavy atom. The van der Waals surface area contributed by atoms with Gasteiger partial charge in [0.2, 0.25) is 0 Å². The van der Waals surface area contributed by atoms with Crippen molar-refractivity contribution in [3.05, 3.63) is 118 Å². The van der Waals surface area contributed by atoms with Crippen molar-refractivity contribution in [2.45, 2.75) is 72.6 Å². The third-order valence-corrected chi connectivity index (χ3v) is 7.99. The van der Waals surface area contributed by atoms with Crippen molar-refractivity contribution < 1.29 is 9.59 Å². The summed E-state index contributed by atoms with van der Waals surface area (Å²) in [6.07, 6.45) is 14.9. The molecular weight excluding hydrogens is 478 g/mol. The maximum absolute atomic E-state index is 12.1. The Kier molecular flexibility index (Phi) is 7.84.